The number of fused-ring (bicyclic) bond motifs is 1. The lowest BCUT2D eigenvalue weighted by molar-refractivity contribution is 0.316. The summed E-state index contributed by atoms with van der Waals surface area (Å²) in [6.45, 7) is 1.09. The molecule has 0 spiro atoms. The molecule has 0 amide bonds. The van der Waals surface area contributed by atoms with Crippen LogP contribution < -0.4 is 10.5 Å². The molecule has 0 unspecified atom stereocenters. The van der Waals surface area contributed by atoms with E-state index in [0.717, 1.165) is 28.8 Å². The number of nitrogens with zero attached hydrogens (tertiary/aromatic N) is 2. The zero-order valence-corrected chi connectivity index (χ0v) is 12.1. The third kappa shape index (κ3) is 2.76. The number of aryl methyl sites for hydroxylation is 1. The highest BCUT2D eigenvalue weighted by Gasteiger charge is 2.07. The summed E-state index contributed by atoms with van der Waals surface area (Å²) in [4.78, 5) is 0. The fraction of sp³-hybridized carbons (Fsp3) is 0.235. The summed E-state index contributed by atoms with van der Waals surface area (Å²) in [6, 6.07) is 14.3. The Morgan fingerprint density at radius 1 is 1.14 bits per heavy atom. The van der Waals surface area contributed by atoms with Gasteiger partial charge in [-0.05, 0) is 22.9 Å². The molecule has 0 atom stereocenters. The van der Waals surface area contributed by atoms with Crippen LogP contribution in [0.2, 0.25) is 0 Å². The Morgan fingerprint density at radius 3 is 2.76 bits per heavy atom. The molecule has 108 valence electrons. The van der Waals surface area contributed by atoms with Gasteiger partial charge in [0.2, 0.25) is 0 Å². The number of nitrogens with two attached hydrogens (primary N) is 1. The lowest BCUT2D eigenvalue weighted by atomic mass is 10.0. The minimum atomic E-state index is 0.475. The number of hydrogen-bond donors (Lipinski definition) is 1. The molecular weight excluding hydrogens is 262 g/mol. The average Bonchev–Trinajstić information content (AvgIpc) is 2.92. The Kier molecular flexibility index (Phi) is 3.88. The summed E-state index contributed by atoms with van der Waals surface area (Å²) in [7, 11) is 1.94. The molecule has 21 heavy (non-hydrogen) atoms. The van der Waals surface area contributed by atoms with Crippen molar-refractivity contribution in [3.05, 3.63) is 59.9 Å². The average molecular weight is 281 g/mol. The van der Waals surface area contributed by atoms with Crippen LogP contribution in [0, 0.1) is 0 Å². The van der Waals surface area contributed by atoms with Crippen LogP contribution in [-0.4, -0.2) is 16.4 Å². The molecule has 4 heteroatoms. The number of rotatable bonds is 5. The van der Waals surface area contributed by atoms with E-state index in [1.165, 1.54) is 5.39 Å². The van der Waals surface area contributed by atoms with Crippen molar-refractivity contribution in [3.8, 4) is 5.75 Å². The van der Waals surface area contributed by atoms with Gasteiger partial charge in [-0.25, -0.2) is 0 Å². The predicted molar refractivity (Wildman–Crippen MR) is 84.2 cm³/mol. The largest absolute Gasteiger partial charge is 0.493 e. The van der Waals surface area contributed by atoms with Crippen LogP contribution >= 0.6 is 0 Å². The van der Waals surface area contributed by atoms with Gasteiger partial charge in [0.25, 0.3) is 0 Å². The van der Waals surface area contributed by atoms with Gasteiger partial charge >= 0.3 is 0 Å². The first-order valence-corrected chi connectivity index (χ1v) is 7.10. The highest BCUT2D eigenvalue weighted by atomic mass is 16.5. The van der Waals surface area contributed by atoms with E-state index in [-0.39, 0.29) is 0 Å². The van der Waals surface area contributed by atoms with Crippen LogP contribution in [0.1, 0.15) is 11.3 Å². The van der Waals surface area contributed by atoms with Gasteiger partial charge in [-0.3, -0.25) is 4.68 Å². The molecule has 0 aliphatic rings. The van der Waals surface area contributed by atoms with Crippen LogP contribution in [0.4, 0.5) is 0 Å². The van der Waals surface area contributed by atoms with E-state index in [0.29, 0.717) is 13.2 Å². The molecule has 2 aromatic carbocycles. The summed E-state index contributed by atoms with van der Waals surface area (Å²) < 4.78 is 7.81. The fourth-order valence-electron chi connectivity index (χ4n) is 2.57. The lowest BCUT2D eigenvalue weighted by Crippen LogP contribution is -2.08. The summed E-state index contributed by atoms with van der Waals surface area (Å²) in [5.74, 6) is 0.873. The first-order chi connectivity index (χ1) is 10.3. The van der Waals surface area contributed by atoms with Gasteiger partial charge in [-0.1, -0.05) is 30.3 Å². The standard InChI is InChI=1S/C17H19N3O/c1-20-14(8-10-19-20)9-11-21-17-7-6-13-4-2-3-5-15(13)16(17)12-18/h2-8,10H,9,11-12,18H2,1H3. The molecule has 0 bridgehead atoms. The Balaban J connectivity index is 1.79. The third-order valence-electron chi connectivity index (χ3n) is 3.74. The fourth-order valence-corrected chi connectivity index (χ4v) is 2.57. The van der Waals surface area contributed by atoms with Gasteiger partial charge in [0.15, 0.2) is 0 Å². The quantitative estimate of drug-likeness (QED) is 0.782. The summed E-state index contributed by atoms with van der Waals surface area (Å²) in [5, 5.41) is 6.51. The van der Waals surface area contributed by atoms with E-state index in [4.69, 9.17) is 10.5 Å². The predicted octanol–water partition coefficient (Wildman–Crippen LogP) is 2.65. The Labute approximate surface area is 124 Å². The van der Waals surface area contributed by atoms with Crippen LogP contribution in [0.15, 0.2) is 48.7 Å². The maximum absolute atomic E-state index is 5.94. The first kappa shape index (κ1) is 13.6. The van der Waals surface area contributed by atoms with Crippen LogP contribution in [0.25, 0.3) is 10.8 Å². The van der Waals surface area contributed by atoms with Crippen molar-refractivity contribution in [3.63, 3.8) is 0 Å². The van der Waals surface area contributed by atoms with Crippen LogP contribution in [0.5, 0.6) is 5.75 Å². The maximum atomic E-state index is 5.94. The molecule has 0 aliphatic carbocycles. The van der Waals surface area contributed by atoms with Gasteiger partial charge in [-0.15, -0.1) is 0 Å². The minimum Gasteiger partial charge on any atom is -0.493 e. The number of ether oxygens (including phenoxy) is 1. The topological polar surface area (TPSA) is 53.1 Å². The van der Waals surface area contributed by atoms with Crippen molar-refractivity contribution in [1.82, 2.24) is 9.78 Å². The van der Waals surface area contributed by atoms with Crippen molar-refractivity contribution < 1.29 is 4.74 Å². The second-order valence-electron chi connectivity index (χ2n) is 5.01. The number of benzene rings is 2. The lowest BCUT2D eigenvalue weighted by Gasteiger charge is -2.13. The van der Waals surface area contributed by atoms with E-state index >= 15 is 0 Å². The third-order valence-corrected chi connectivity index (χ3v) is 3.74. The van der Waals surface area contributed by atoms with Gasteiger partial charge in [-0.2, -0.15) is 5.10 Å². The van der Waals surface area contributed by atoms with Crippen molar-refractivity contribution in [2.45, 2.75) is 13.0 Å². The van der Waals surface area contributed by atoms with E-state index in [9.17, 15) is 0 Å². The summed E-state index contributed by atoms with van der Waals surface area (Å²) in [6.07, 6.45) is 2.63. The minimum absolute atomic E-state index is 0.475. The maximum Gasteiger partial charge on any atom is 0.124 e. The molecule has 1 aromatic heterocycles. The highest BCUT2D eigenvalue weighted by molar-refractivity contribution is 5.87. The monoisotopic (exact) mass is 281 g/mol. The smallest absolute Gasteiger partial charge is 0.124 e. The molecule has 0 fully saturated rings. The molecule has 4 nitrogen and oxygen atoms in total. The molecule has 0 saturated carbocycles. The summed E-state index contributed by atoms with van der Waals surface area (Å²) >= 11 is 0. The molecule has 3 rings (SSSR count). The van der Waals surface area contributed by atoms with E-state index in [1.807, 2.05) is 36.0 Å². The Morgan fingerprint density at radius 2 is 2.00 bits per heavy atom. The van der Waals surface area contributed by atoms with Crippen LogP contribution in [-0.2, 0) is 20.0 Å². The molecule has 3 aromatic rings. The molecule has 0 radical (unpaired) electrons. The van der Waals surface area contributed by atoms with E-state index in [2.05, 4.69) is 23.3 Å². The normalized spacial score (nSPS) is 11.0. The van der Waals surface area contributed by atoms with Gasteiger partial charge in [0.1, 0.15) is 5.75 Å². The zero-order valence-electron chi connectivity index (χ0n) is 12.1. The molecule has 0 saturated heterocycles. The van der Waals surface area contributed by atoms with Crippen LogP contribution in [0.3, 0.4) is 0 Å². The number of hydrogen-bond acceptors (Lipinski definition) is 3. The van der Waals surface area contributed by atoms with E-state index < -0.39 is 0 Å². The second kappa shape index (κ2) is 5.97. The summed E-state index contributed by atoms with van der Waals surface area (Å²) in [5.41, 5.74) is 8.14. The zero-order chi connectivity index (χ0) is 14.7. The molecule has 2 N–H and O–H groups in total. The van der Waals surface area contributed by atoms with Crippen molar-refractivity contribution in [2.24, 2.45) is 12.8 Å². The highest BCUT2D eigenvalue weighted by Crippen LogP contribution is 2.27. The first-order valence-electron chi connectivity index (χ1n) is 7.10. The molecular formula is C17H19N3O. The molecule has 0 aliphatic heterocycles. The molecule has 1 heterocycles. The second-order valence-corrected chi connectivity index (χ2v) is 5.01. The van der Waals surface area contributed by atoms with Gasteiger partial charge in [0, 0.05) is 37.5 Å². The Bertz CT molecular complexity index is 749. The van der Waals surface area contributed by atoms with Crippen molar-refractivity contribution >= 4 is 10.8 Å². The van der Waals surface area contributed by atoms with E-state index in [1.54, 1.807) is 6.20 Å². The Hall–Kier alpha value is -2.33. The van der Waals surface area contributed by atoms with Crippen molar-refractivity contribution in [1.29, 1.82) is 0 Å². The van der Waals surface area contributed by atoms with Crippen molar-refractivity contribution in [2.75, 3.05) is 6.61 Å². The SMILES string of the molecule is Cn1nccc1CCOc1ccc2ccccc2c1CN. The van der Waals surface area contributed by atoms with Gasteiger partial charge < -0.3 is 10.5 Å². The number of aromatic nitrogens is 2. The van der Waals surface area contributed by atoms with Gasteiger partial charge in [0.05, 0.1) is 6.61 Å².